The first kappa shape index (κ1) is 24.0. The molecule has 0 heterocycles. The molecule has 2 aliphatic rings. The molecule has 4 heteroatoms. The summed E-state index contributed by atoms with van der Waals surface area (Å²) in [4.78, 5) is 24.0. The highest BCUT2D eigenvalue weighted by atomic mass is 17.2. The van der Waals surface area contributed by atoms with Crippen molar-refractivity contribution in [2.24, 2.45) is 16.7 Å². The van der Waals surface area contributed by atoms with Crippen molar-refractivity contribution in [2.45, 2.75) is 111 Å². The molecule has 2 aliphatic carbocycles. The van der Waals surface area contributed by atoms with Gasteiger partial charge in [0.25, 0.3) is 0 Å². The highest BCUT2D eigenvalue weighted by Crippen LogP contribution is 2.70. The van der Waals surface area contributed by atoms with E-state index in [2.05, 4.69) is 46.1 Å². The fourth-order valence-corrected chi connectivity index (χ4v) is 5.00. The van der Waals surface area contributed by atoms with Gasteiger partial charge in [-0.3, -0.25) is 0 Å². The number of hydrogen-bond acceptors (Lipinski definition) is 4. The molecule has 0 aliphatic heterocycles. The van der Waals surface area contributed by atoms with Gasteiger partial charge in [0, 0.05) is 17.4 Å². The quantitative estimate of drug-likeness (QED) is 0.172. The van der Waals surface area contributed by atoms with Crippen molar-refractivity contribution < 1.29 is 19.3 Å². The van der Waals surface area contributed by atoms with Gasteiger partial charge in [-0.25, -0.2) is 14.6 Å². The molecule has 3 atom stereocenters. The molecule has 0 aromatic heterocycles. The average molecular weight is 405 g/mol. The van der Waals surface area contributed by atoms with Crippen LogP contribution in [0.3, 0.4) is 0 Å². The summed E-state index contributed by atoms with van der Waals surface area (Å²) in [7, 11) is 0. The van der Waals surface area contributed by atoms with Crippen molar-refractivity contribution in [3.63, 3.8) is 0 Å². The van der Waals surface area contributed by atoms with Crippen LogP contribution < -0.4 is 0 Å². The van der Waals surface area contributed by atoms with E-state index in [0.29, 0.717) is 11.5 Å². The van der Waals surface area contributed by atoms with Crippen LogP contribution in [0.1, 0.15) is 94.4 Å². The van der Waals surface area contributed by atoms with Gasteiger partial charge in [-0.2, -0.15) is 0 Å². The molecule has 0 saturated heterocycles. The third-order valence-corrected chi connectivity index (χ3v) is 7.37. The van der Waals surface area contributed by atoms with Crippen LogP contribution in [0, 0.1) is 28.6 Å². The Morgan fingerprint density at radius 1 is 1.17 bits per heavy atom. The Hall–Kier alpha value is -1.31. The second-order valence-corrected chi connectivity index (χ2v) is 10.9. The third-order valence-electron chi connectivity index (χ3n) is 7.37. The number of carbonyl (C=O) groups is 1. The highest BCUT2D eigenvalue weighted by molar-refractivity contribution is 5.87. The lowest BCUT2D eigenvalue weighted by molar-refractivity contribution is -0.389. The normalized spacial score (nSPS) is 30.6. The van der Waals surface area contributed by atoms with Gasteiger partial charge >= 0.3 is 5.97 Å². The lowest BCUT2D eigenvalue weighted by atomic mass is 9.64. The minimum absolute atomic E-state index is 0.0433. The molecule has 2 bridgehead atoms. The molecular formula is C25H40O4. The largest absolute Gasteiger partial charge is 0.442 e. The number of hydrogen-bond donors (Lipinski definition) is 0. The molecule has 0 radical (unpaired) electrons. The van der Waals surface area contributed by atoms with E-state index in [1.54, 1.807) is 6.92 Å². The van der Waals surface area contributed by atoms with Gasteiger partial charge in [0.1, 0.15) is 0 Å². The van der Waals surface area contributed by atoms with Crippen LogP contribution >= 0.6 is 0 Å². The van der Waals surface area contributed by atoms with E-state index in [1.807, 2.05) is 27.7 Å². The van der Waals surface area contributed by atoms with Crippen molar-refractivity contribution in [1.29, 1.82) is 0 Å². The summed E-state index contributed by atoms with van der Waals surface area (Å²) in [6.45, 7) is 22.1. The lowest BCUT2D eigenvalue weighted by Crippen LogP contribution is -2.50. The lowest BCUT2D eigenvalue weighted by Gasteiger charge is -2.44. The van der Waals surface area contributed by atoms with Crippen LogP contribution in [0.25, 0.3) is 0 Å². The summed E-state index contributed by atoms with van der Waals surface area (Å²) in [6.07, 6.45) is 4.79. The zero-order chi connectivity index (χ0) is 22.3. The number of rotatable bonds is 7. The number of esters is 1. The highest BCUT2D eigenvalue weighted by Gasteiger charge is 2.70. The second kappa shape index (κ2) is 7.75. The molecule has 0 N–H and O–H groups in total. The summed E-state index contributed by atoms with van der Waals surface area (Å²) in [5.41, 5.74) is -1.82. The van der Waals surface area contributed by atoms with Crippen molar-refractivity contribution in [3.8, 4) is 11.8 Å². The van der Waals surface area contributed by atoms with Crippen molar-refractivity contribution >= 4 is 5.97 Å². The zero-order valence-corrected chi connectivity index (χ0v) is 20.0. The van der Waals surface area contributed by atoms with E-state index in [-0.39, 0.29) is 22.4 Å². The molecule has 2 saturated carbocycles. The first-order valence-corrected chi connectivity index (χ1v) is 10.9. The van der Waals surface area contributed by atoms with Gasteiger partial charge in [-0.15, -0.1) is 0 Å². The van der Waals surface area contributed by atoms with Crippen molar-refractivity contribution in [1.82, 2.24) is 0 Å². The Labute approximate surface area is 177 Å². The smallest absolute Gasteiger partial charge is 0.334 e. The van der Waals surface area contributed by atoms with E-state index in [9.17, 15) is 4.79 Å². The average Bonchev–Trinajstić information content (AvgIpc) is 2.91. The van der Waals surface area contributed by atoms with E-state index in [0.717, 1.165) is 32.1 Å². The van der Waals surface area contributed by atoms with Crippen LogP contribution in [-0.4, -0.2) is 22.8 Å². The summed E-state index contributed by atoms with van der Waals surface area (Å²) >= 11 is 0. The van der Waals surface area contributed by atoms with Gasteiger partial charge in [0.15, 0.2) is 11.2 Å². The molecule has 0 aromatic rings. The molecule has 4 nitrogen and oxygen atoms in total. The second-order valence-electron chi connectivity index (χ2n) is 10.9. The Balaban J connectivity index is 2.34. The first-order valence-electron chi connectivity index (χ1n) is 10.9. The van der Waals surface area contributed by atoms with Crippen molar-refractivity contribution in [2.75, 3.05) is 0 Å². The monoisotopic (exact) mass is 404 g/mol. The van der Waals surface area contributed by atoms with Crippen LogP contribution in [-0.2, 0) is 19.3 Å². The van der Waals surface area contributed by atoms with E-state index in [4.69, 9.17) is 14.5 Å². The maximum atomic E-state index is 12.5. The Kier molecular flexibility index (Phi) is 6.40. The van der Waals surface area contributed by atoms with Crippen molar-refractivity contribution in [3.05, 3.63) is 12.2 Å². The summed E-state index contributed by atoms with van der Waals surface area (Å²) < 4.78 is 6.10. The molecule has 164 valence electrons. The van der Waals surface area contributed by atoms with Crippen LogP contribution in [0.4, 0.5) is 0 Å². The standard InChI is InChI=1S/C25H40O4/c1-11-13-21(4,5)28-29-22(6,7)15-16-25(27-20(26)18(2)3)17-19-12-14-24(25,10)23(19,8)9/h19H,2,11-14,17H2,1,3-10H3/t19?,24?,25-/m1/s1. The summed E-state index contributed by atoms with van der Waals surface area (Å²) in [5.74, 6) is 6.73. The molecule has 2 fully saturated rings. The molecule has 0 spiro atoms. The van der Waals surface area contributed by atoms with Gasteiger partial charge in [0.05, 0.1) is 5.60 Å². The predicted molar refractivity (Wildman–Crippen MR) is 116 cm³/mol. The van der Waals surface area contributed by atoms with Crippen LogP contribution in [0.2, 0.25) is 0 Å². The molecule has 2 rings (SSSR count). The molecule has 0 amide bonds. The summed E-state index contributed by atoms with van der Waals surface area (Å²) in [6, 6.07) is 0. The zero-order valence-electron chi connectivity index (χ0n) is 20.0. The number of ether oxygens (including phenoxy) is 1. The maximum Gasteiger partial charge on any atom is 0.334 e. The predicted octanol–water partition coefficient (Wildman–Crippen LogP) is 6.00. The SMILES string of the molecule is C=C(C)C(=O)O[C@]1(C#CC(C)(C)OOC(C)(C)CCC)CC2CCC1(C)C2(C)C. The first-order chi connectivity index (χ1) is 13.1. The van der Waals surface area contributed by atoms with E-state index < -0.39 is 11.2 Å². The number of fused-ring (bicyclic) bond motifs is 2. The number of carbonyl (C=O) groups excluding carboxylic acids is 1. The Morgan fingerprint density at radius 2 is 1.79 bits per heavy atom. The summed E-state index contributed by atoms with van der Waals surface area (Å²) in [5, 5.41) is 0. The Bertz CT molecular complexity index is 721. The van der Waals surface area contributed by atoms with Gasteiger partial charge in [0.2, 0.25) is 0 Å². The fraction of sp³-hybridized carbons (Fsp3) is 0.800. The molecule has 0 aromatic carbocycles. The minimum atomic E-state index is -0.838. The fourth-order valence-electron chi connectivity index (χ4n) is 5.00. The topological polar surface area (TPSA) is 44.8 Å². The van der Waals surface area contributed by atoms with E-state index in [1.165, 1.54) is 0 Å². The van der Waals surface area contributed by atoms with Gasteiger partial charge < -0.3 is 4.74 Å². The van der Waals surface area contributed by atoms with Crippen LogP contribution in [0.15, 0.2) is 12.2 Å². The minimum Gasteiger partial charge on any atom is -0.442 e. The molecule has 2 unspecified atom stereocenters. The van der Waals surface area contributed by atoms with E-state index >= 15 is 0 Å². The third kappa shape index (κ3) is 4.42. The van der Waals surface area contributed by atoms with Gasteiger partial charge in [-0.05, 0) is 65.2 Å². The Morgan fingerprint density at radius 3 is 2.24 bits per heavy atom. The molecular weight excluding hydrogens is 364 g/mol. The molecule has 29 heavy (non-hydrogen) atoms. The van der Waals surface area contributed by atoms with Gasteiger partial charge in [-0.1, -0.05) is 52.5 Å². The van der Waals surface area contributed by atoms with Crippen LogP contribution in [0.5, 0.6) is 0 Å². The maximum absolute atomic E-state index is 12.5.